The minimum atomic E-state index is -0.339. The lowest BCUT2D eigenvalue weighted by Gasteiger charge is -2.35. The first-order valence-electron chi connectivity index (χ1n) is 6.69. The van der Waals surface area contributed by atoms with E-state index in [9.17, 15) is 4.79 Å². The van der Waals surface area contributed by atoms with Gasteiger partial charge in [0, 0.05) is 18.9 Å². The highest BCUT2D eigenvalue weighted by Crippen LogP contribution is 2.25. The maximum absolute atomic E-state index is 12.1. The maximum atomic E-state index is 12.1. The van der Waals surface area contributed by atoms with E-state index in [0.717, 1.165) is 25.8 Å². The monoisotopic (exact) mass is 294 g/mol. The van der Waals surface area contributed by atoms with Crippen molar-refractivity contribution >= 4 is 29.0 Å². The van der Waals surface area contributed by atoms with E-state index in [1.807, 2.05) is 4.90 Å². The number of nitrogens with zero attached hydrogens (tertiary/aromatic N) is 3. The molecule has 0 aromatic carbocycles. The van der Waals surface area contributed by atoms with Crippen molar-refractivity contribution in [2.24, 2.45) is 5.73 Å². The van der Waals surface area contributed by atoms with Gasteiger partial charge in [0.1, 0.15) is 16.7 Å². The SMILES string of the molecule is CCOC(=O)C1CCCCN1c1nccnc1C(N)=S. The first-order valence-corrected chi connectivity index (χ1v) is 7.10. The Balaban J connectivity index is 2.33. The van der Waals surface area contributed by atoms with Crippen molar-refractivity contribution in [3.05, 3.63) is 18.1 Å². The van der Waals surface area contributed by atoms with Gasteiger partial charge in [0.2, 0.25) is 0 Å². The van der Waals surface area contributed by atoms with E-state index in [2.05, 4.69) is 9.97 Å². The molecule has 0 radical (unpaired) electrons. The number of hydrogen-bond acceptors (Lipinski definition) is 6. The minimum Gasteiger partial charge on any atom is -0.464 e. The molecule has 2 N–H and O–H groups in total. The summed E-state index contributed by atoms with van der Waals surface area (Å²) in [5.41, 5.74) is 6.14. The largest absolute Gasteiger partial charge is 0.464 e. The van der Waals surface area contributed by atoms with E-state index >= 15 is 0 Å². The van der Waals surface area contributed by atoms with Crippen LogP contribution in [0.2, 0.25) is 0 Å². The molecule has 7 heteroatoms. The van der Waals surface area contributed by atoms with E-state index in [-0.39, 0.29) is 17.0 Å². The van der Waals surface area contributed by atoms with Gasteiger partial charge in [0.05, 0.1) is 6.61 Å². The van der Waals surface area contributed by atoms with Crippen LogP contribution in [0.25, 0.3) is 0 Å². The lowest BCUT2D eigenvalue weighted by Crippen LogP contribution is -2.47. The van der Waals surface area contributed by atoms with E-state index in [1.165, 1.54) is 0 Å². The maximum Gasteiger partial charge on any atom is 0.328 e. The van der Waals surface area contributed by atoms with Crippen LogP contribution in [0.3, 0.4) is 0 Å². The van der Waals surface area contributed by atoms with Gasteiger partial charge in [-0.15, -0.1) is 0 Å². The van der Waals surface area contributed by atoms with Crippen LogP contribution in [0, 0.1) is 0 Å². The highest BCUT2D eigenvalue weighted by atomic mass is 32.1. The summed E-state index contributed by atoms with van der Waals surface area (Å²) in [6.07, 6.45) is 5.84. The number of ether oxygens (including phenoxy) is 1. The average Bonchev–Trinajstić information content (AvgIpc) is 2.47. The van der Waals surface area contributed by atoms with Crippen LogP contribution in [-0.4, -0.2) is 40.1 Å². The van der Waals surface area contributed by atoms with E-state index in [4.69, 9.17) is 22.7 Å². The number of piperidine rings is 1. The third kappa shape index (κ3) is 3.04. The highest BCUT2D eigenvalue weighted by Gasteiger charge is 2.32. The summed E-state index contributed by atoms with van der Waals surface area (Å²) in [7, 11) is 0. The molecule has 1 aromatic rings. The number of carbonyl (C=O) groups is 1. The van der Waals surface area contributed by atoms with Crippen molar-refractivity contribution in [2.75, 3.05) is 18.1 Å². The summed E-state index contributed by atoms with van der Waals surface area (Å²) in [4.78, 5) is 22.6. The quantitative estimate of drug-likeness (QED) is 0.656. The first kappa shape index (κ1) is 14.6. The third-order valence-corrected chi connectivity index (χ3v) is 3.44. The summed E-state index contributed by atoms with van der Waals surface area (Å²) >= 11 is 5.01. The molecular formula is C13H18N4O2S. The van der Waals surface area contributed by atoms with Gasteiger partial charge in [-0.3, -0.25) is 0 Å². The van der Waals surface area contributed by atoms with Gasteiger partial charge in [-0.2, -0.15) is 0 Å². The molecule has 0 amide bonds. The van der Waals surface area contributed by atoms with Gasteiger partial charge in [0.15, 0.2) is 5.82 Å². The number of rotatable bonds is 4. The average molecular weight is 294 g/mol. The van der Waals surface area contributed by atoms with Gasteiger partial charge in [-0.1, -0.05) is 12.2 Å². The van der Waals surface area contributed by atoms with Crippen LogP contribution in [-0.2, 0) is 9.53 Å². The number of carbonyl (C=O) groups excluding carboxylic acids is 1. The Morgan fingerprint density at radius 3 is 2.95 bits per heavy atom. The molecule has 20 heavy (non-hydrogen) atoms. The second-order valence-corrected chi connectivity index (χ2v) is 4.99. The summed E-state index contributed by atoms with van der Waals surface area (Å²) in [6, 6.07) is -0.339. The Kier molecular flexibility index (Phi) is 4.84. The van der Waals surface area contributed by atoms with Crippen LogP contribution in [0.15, 0.2) is 12.4 Å². The molecule has 1 aliphatic rings. The van der Waals surface area contributed by atoms with Crippen molar-refractivity contribution in [1.82, 2.24) is 9.97 Å². The molecule has 2 heterocycles. The van der Waals surface area contributed by atoms with Gasteiger partial charge in [0.25, 0.3) is 0 Å². The Morgan fingerprint density at radius 1 is 1.50 bits per heavy atom. The molecule has 1 aliphatic heterocycles. The number of anilines is 1. The van der Waals surface area contributed by atoms with Crippen molar-refractivity contribution in [3.8, 4) is 0 Å². The molecule has 6 nitrogen and oxygen atoms in total. The standard InChI is InChI=1S/C13H18N4O2S/c1-2-19-13(18)9-5-3-4-8-17(9)12-10(11(14)20)15-6-7-16-12/h6-7,9H,2-5,8H2,1H3,(H2,14,20). The predicted octanol–water partition coefficient (Wildman–Crippen LogP) is 1.03. The molecular weight excluding hydrogens is 276 g/mol. The summed E-state index contributed by atoms with van der Waals surface area (Å²) in [5, 5.41) is 0. The zero-order valence-electron chi connectivity index (χ0n) is 11.4. The van der Waals surface area contributed by atoms with Crippen molar-refractivity contribution < 1.29 is 9.53 Å². The van der Waals surface area contributed by atoms with Crippen LogP contribution >= 0.6 is 12.2 Å². The summed E-state index contributed by atoms with van der Waals surface area (Å²) in [6.45, 7) is 2.89. The number of thiocarbonyl (C=S) groups is 1. The third-order valence-electron chi connectivity index (χ3n) is 3.25. The number of aromatic nitrogens is 2. The fourth-order valence-corrected chi connectivity index (χ4v) is 2.53. The molecule has 1 saturated heterocycles. The summed E-state index contributed by atoms with van der Waals surface area (Å²) < 4.78 is 5.14. The minimum absolute atomic E-state index is 0.182. The molecule has 0 aliphatic carbocycles. The van der Waals surface area contributed by atoms with Gasteiger partial charge >= 0.3 is 5.97 Å². The van der Waals surface area contributed by atoms with Crippen LogP contribution < -0.4 is 10.6 Å². The molecule has 1 fully saturated rings. The lowest BCUT2D eigenvalue weighted by molar-refractivity contribution is -0.145. The molecule has 1 aromatic heterocycles. The van der Waals surface area contributed by atoms with Gasteiger partial charge in [-0.25, -0.2) is 14.8 Å². The number of nitrogens with two attached hydrogens (primary N) is 1. The Bertz CT molecular complexity index is 509. The smallest absolute Gasteiger partial charge is 0.328 e. The number of hydrogen-bond donors (Lipinski definition) is 1. The molecule has 1 unspecified atom stereocenters. The Hall–Kier alpha value is -1.76. The molecule has 0 spiro atoms. The second kappa shape index (κ2) is 6.60. The number of esters is 1. The van der Waals surface area contributed by atoms with E-state index in [1.54, 1.807) is 19.3 Å². The van der Waals surface area contributed by atoms with Crippen LogP contribution in [0.4, 0.5) is 5.82 Å². The van der Waals surface area contributed by atoms with Gasteiger partial charge < -0.3 is 15.4 Å². The summed E-state index contributed by atoms with van der Waals surface area (Å²) in [5.74, 6) is 0.337. The second-order valence-electron chi connectivity index (χ2n) is 4.55. The zero-order chi connectivity index (χ0) is 14.5. The fraction of sp³-hybridized carbons (Fsp3) is 0.538. The Morgan fingerprint density at radius 2 is 2.25 bits per heavy atom. The normalized spacial score (nSPS) is 18.6. The molecule has 0 bridgehead atoms. The van der Waals surface area contributed by atoms with Crippen molar-refractivity contribution in [2.45, 2.75) is 32.2 Å². The lowest BCUT2D eigenvalue weighted by atomic mass is 10.0. The highest BCUT2D eigenvalue weighted by molar-refractivity contribution is 7.80. The van der Waals surface area contributed by atoms with Crippen LogP contribution in [0.5, 0.6) is 0 Å². The topological polar surface area (TPSA) is 81.3 Å². The zero-order valence-corrected chi connectivity index (χ0v) is 12.2. The Labute approximate surface area is 123 Å². The molecule has 108 valence electrons. The van der Waals surface area contributed by atoms with Crippen LogP contribution in [0.1, 0.15) is 31.9 Å². The molecule has 2 rings (SSSR count). The predicted molar refractivity (Wildman–Crippen MR) is 79.5 cm³/mol. The van der Waals surface area contributed by atoms with E-state index < -0.39 is 0 Å². The van der Waals surface area contributed by atoms with E-state index in [0.29, 0.717) is 18.1 Å². The van der Waals surface area contributed by atoms with Crippen molar-refractivity contribution in [3.63, 3.8) is 0 Å². The molecule has 0 saturated carbocycles. The fourth-order valence-electron chi connectivity index (χ4n) is 2.38. The first-order chi connectivity index (χ1) is 9.65. The molecule has 1 atom stereocenters. The van der Waals surface area contributed by atoms with Gasteiger partial charge in [-0.05, 0) is 26.2 Å². The van der Waals surface area contributed by atoms with Crippen molar-refractivity contribution in [1.29, 1.82) is 0 Å².